The SMILES string of the molecule is CC(=O)N(C(C)=O)c1c(C#N)c(-c2ccccc2)cn1C(C)=O. The number of benzene rings is 1. The van der Waals surface area contributed by atoms with Crippen LogP contribution in [0.25, 0.3) is 11.1 Å². The van der Waals surface area contributed by atoms with E-state index in [0.29, 0.717) is 5.56 Å². The number of aromatic nitrogens is 1. The van der Waals surface area contributed by atoms with Crippen molar-refractivity contribution in [2.75, 3.05) is 4.90 Å². The molecule has 0 fully saturated rings. The van der Waals surface area contributed by atoms with Crippen molar-refractivity contribution in [1.82, 2.24) is 4.57 Å². The summed E-state index contributed by atoms with van der Waals surface area (Å²) in [7, 11) is 0. The summed E-state index contributed by atoms with van der Waals surface area (Å²) in [5.41, 5.74) is 1.32. The van der Waals surface area contributed by atoms with E-state index in [2.05, 4.69) is 0 Å². The first-order valence-electron chi connectivity index (χ1n) is 6.91. The monoisotopic (exact) mass is 309 g/mol. The third-order valence-electron chi connectivity index (χ3n) is 3.36. The fraction of sp³-hybridized carbons (Fsp3) is 0.176. The second kappa shape index (κ2) is 6.28. The van der Waals surface area contributed by atoms with Gasteiger partial charge in [0.25, 0.3) is 0 Å². The van der Waals surface area contributed by atoms with Crippen LogP contribution in [0.1, 0.15) is 31.1 Å². The molecule has 6 nitrogen and oxygen atoms in total. The molecule has 0 saturated carbocycles. The number of amides is 2. The Labute approximate surface area is 133 Å². The second-order valence-corrected chi connectivity index (χ2v) is 4.98. The molecule has 0 spiro atoms. The van der Waals surface area contributed by atoms with E-state index in [0.717, 1.165) is 15.0 Å². The molecule has 6 heteroatoms. The quantitative estimate of drug-likeness (QED) is 0.853. The maximum Gasteiger partial charge on any atom is 0.231 e. The summed E-state index contributed by atoms with van der Waals surface area (Å²) >= 11 is 0. The third kappa shape index (κ3) is 2.90. The van der Waals surface area contributed by atoms with Crippen molar-refractivity contribution < 1.29 is 14.4 Å². The summed E-state index contributed by atoms with van der Waals surface area (Å²) in [5.74, 6) is -1.53. The normalized spacial score (nSPS) is 10.0. The highest BCUT2D eigenvalue weighted by molar-refractivity contribution is 6.15. The number of hydrogen-bond donors (Lipinski definition) is 0. The molecule has 23 heavy (non-hydrogen) atoms. The molecule has 1 aromatic heterocycles. The number of rotatable bonds is 2. The van der Waals surface area contributed by atoms with Gasteiger partial charge >= 0.3 is 0 Å². The minimum absolute atomic E-state index is 0.0150. The standard InChI is InChI=1S/C17H15N3O3/c1-11(21)19-10-16(14-7-5-4-6-8-14)15(9-18)17(19)20(12(2)22)13(3)23/h4-8,10H,1-3H3. The van der Waals surface area contributed by atoms with Gasteiger partial charge in [-0.2, -0.15) is 5.26 Å². The van der Waals surface area contributed by atoms with Gasteiger partial charge in [0.2, 0.25) is 17.7 Å². The van der Waals surface area contributed by atoms with Crippen LogP contribution in [-0.4, -0.2) is 22.3 Å². The molecule has 116 valence electrons. The minimum Gasteiger partial charge on any atom is -0.274 e. The van der Waals surface area contributed by atoms with Crippen LogP contribution < -0.4 is 4.90 Å². The fourth-order valence-electron chi connectivity index (χ4n) is 2.42. The maximum absolute atomic E-state index is 11.9. The first kappa shape index (κ1) is 16.2. The van der Waals surface area contributed by atoms with E-state index in [-0.39, 0.29) is 11.4 Å². The zero-order valence-corrected chi connectivity index (χ0v) is 13.0. The van der Waals surface area contributed by atoms with E-state index in [9.17, 15) is 19.6 Å². The van der Waals surface area contributed by atoms with Crippen LogP contribution in [0.15, 0.2) is 36.5 Å². The molecule has 0 unspecified atom stereocenters. The predicted molar refractivity (Wildman–Crippen MR) is 84.7 cm³/mol. The molecule has 0 bridgehead atoms. The number of anilines is 1. The Balaban J connectivity index is 2.83. The lowest BCUT2D eigenvalue weighted by Gasteiger charge is -2.18. The molecule has 0 aliphatic heterocycles. The van der Waals surface area contributed by atoms with Gasteiger partial charge in [0.15, 0.2) is 0 Å². The molecule has 0 atom stereocenters. The first-order chi connectivity index (χ1) is 10.9. The predicted octanol–water partition coefficient (Wildman–Crippen LogP) is 2.59. The number of hydrogen-bond acceptors (Lipinski definition) is 4. The summed E-state index contributed by atoms with van der Waals surface area (Å²) in [5, 5.41) is 9.54. The van der Waals surface area contributed by atoms with Gasteiger partial charge in [-0.3, -0.25) is 19.0 Å². The number of imide groups is 1. The van der Waals surface area contributed by atoms with Crippen molar-refractivity contribution in [3.63, 3.8) is 0 Å². The average Bonchev–Trinajstić information content (AvgIpc) is 2.86. The van der Waals surface area contributed by atoms with Crippen molar-refractivity contribution >= 4 is 23.5 Å². The fourth-order valence-corrected chi connectivity index (χ4v) is 2.42. The van der Waals surface area contributed by atoms with E-state index in [1.165, 1.54) is 27.0 Å². The Kier molecular flexibility index (Phi) is 4.42. The largest absolute Gasteiger partial charge is 0.274 e. The van der Waals surface area contributed by atoms with Crippen molar-refractivity contribution in [2.24, 2.45) is 0 Å². The van der Waals surface area contributed by atoms with Gasteiger partial charge in [-0.15, -0.1) is 0 Å². The van der Waals surface area contributed by atoms with Gasteiger partial charge in [-0.05, 0) is 5.56 Å². The Morgan fingerprint density at radius 2 is 1.61 bits per heavy atom. The Morgan fingerprint density at radius 3 is 2.04 bits per heavy atom. The Bertz CT molecular complexity index is 815. The molecule has 0 aliphatic carbocycles. The lowest BCUT2D eigenvalue weighted by Crippen LogP contribution is -2.36. The van der Waals surface area contributed by atoms with Crippen molar-refractivity contribution in [3.8, 4) is 17.2 Å². The number of carbonyl (C=O) groups excluding carboxylic acids is 3. The van der Waals surface area contributed by atoms with Crippen LogP contribution in [0.4, 0.5) is 5.82 Å². The van der Waals surface area contributed by atoms with Gasteiger partial charge < -0.3 is 0 Å². The van der Waals surface area contributed by atoms with E-state index >= 15 is 0 Å². The van der Waals surface area contributed by atoms with Crippen LogP contribution >= 0.6 is 0 Å². The Hall–Kier alpha value is -3.20. The maximum atomic E-state index is 11.9. The van der Waals surface area contributed by atoms with E-state index < -0.39 is 17.7 Å². The van der Waals surface area contributed by atoms with Crippen LogP contribution in [-0.2, 0) is 9.59 Å². The topological polar surface area (TPSA) is 83.2 Å². The summed E-state index contributed by atoms with van der Waals surface area (Å²) in [4.78, 5) is 36.5. The summed E-state index contributed by atoms with van der Waals surface area (Å²) in [6.07, 6.45) is 1.48. The molecule has 2 amide bonds. The van der Waals surface area contributed by atoms with Gasteiger partial charge in [0.05, 0.1) is 0 Å². The molecular weight excluding hydrogens is 294 g/mol. The second-order valence-electron chi connectivity index (χ2n) is 4.98. The lowest BCUT2D eigenvalue weighted by molar-refractivity contribution is -0.124. The molecule has 0 saturated heterocycles. The summed E-state index contributed by atoms with van der Waals surface area (Å²) in [6.45, 7) is 3.72. The highest BCUT2D eigenvalue weighted by Gasteiger charge is 2.28. The lowest BCUT2D eigenvalue weighted by atomic mass is 10.0. The Morgan fingerprint density at radius 1 is 1.04 bits per heavy atom. The van der Waals surface area contributed by atoms with E-state index in [4.69, 9.17) is 0 Å². The molecule has 2 aromatic rings. The molecule has 0 aliphatic rings. The zero-order chi connectivity index (χ0) is 17.1. The third-order valence-corrected chi connectivity index (χ3v) is 3.36. The highest BCUT2D eigenvalue weighted by Crippen LogP contribution is 2.33. The summed E-state index contributed by atoms with van der Waals surface area (Å²) < 4.78 is 1.16. The van der Waals surface area contributed by atoms with Gasteiger partial charge in [0.1, 0.15) is 17.5 Å². The smallest absolute Gasteiger partial charge is 0.231 e. The minimum atomic E-state index is -0.561. The number of nitriles is 1. The van der Waals surface area contributed by atoms with Crippen LogP contribution in [0.5, 0.6) is 0 Å². The van der Waals surface area contributed by atoms with E-state index in [1.54, 1.807) is 24.3 Å². The summed E-state index contributed by atoms with van der Waals surface area (Å²) in [6, 6.07) is 11.0. The highest BCUT2D eigenvalue weighted by atomic mass is 16.2. The van der Waals surface area contributed by atoms with Crippen LogP contribution in [0, 0.1) is 11.3 Å². The number of nitrogens with zero attached hydrogens (tertiary/aromatic N) is 3. The van der Waals surface area contributed by atoms with Gasteiger partial charge in [-0.1, -0.05) is 30.3 Å². The van der Waals surface area contributed by atoms with E-state index in [1.807, 2.05) is 12.1 Å². The van der Waals surface area contributed by atoms with Crippen LogP contribution in [0.3, 0.4) is 0 Å². The molecule has 1 aromatic carbocycles. The number of carbonyl (C=O) groups is 3. The van der Waals surface area contributed by atoms with Crippen molar-refractivity contribution in [3.05, 3.63) is 42.1 Å². The van der Waals surface area contributed by atoms with Crippen molar-refractivity contribution in [1.29, 1.82) is 5.26 Å². The zero-order valence-electron chi connectivity index (χ0n) is 13.0. The van der Waals surface area contributed by atoms with Crippen LogP contribution in [0.2, 0.25) is 0 Å². The molecule has 0 radical (unpaired) electrons. The molecule has 0 N–H and O–H groups in total. The average molecular weight is 309 g/mol. The molecule has 2 rings (SSSR count). The molecular formula is C17H15N3O3. The van der Waals surface area contributed by atoms with Gasteiger partial charge in [0, 0.05) is 32.5 Å². The first-order valence-corrected chi connectivity index (χ1v) is 6.91. The van der Waals surface area contributed by atoms with Gasteiger partial charge in [-0.25, -0.2) is 4.90 Å². The van der Waals surface area contributed by atoms with Crippen molar-refractivity contribution in [2.45, 2.75) is 20.8 Å². The molecule has 1 heterocycles.